The first-order chi connectivity index (χ1) is 6.09. The Labute approximate surface area is 80.3 Å². The molecule has 1 heterocycles. The van der Waals surface area contributed by atoms with Crippen molar-refractivity contribution in [3.63, 3.8) is 0 Å². The largest absolute Gasteiger partial charge is 0.341 e. The second kappa shape index (κ2) is 4.61. The summed E-state index contributed by atoms with van der Waals surface area (Å²) in [5.74, 6) is 0.938. The molecule has 2 N–H and O–H groups in total. The average Bonchev–Trinajstić information content (AvgIpc) is 2.06. The lowest BCUT2D eigenvalue weighted by molar-refractivity contribution is -0.133. The maximum atomic E-state index is 11.4. The van der Waals surface area contributed by atoms with E-state index >= 15 is 0 Å². The summed E-state index contributed by atoms with van der Waals surface area (Å²) in [5, 5.41) is 0. The predicted octanol–water partition coefficient (Wildman–Crippen LogP) is 0.982. The molecule has 0 spiro atoms. The van der Waals surface area contributed by atoms with Gasteiger partial charge in [0.1, 0.15) is 0 Å². The number of carbonyl (C=O) groups excluding carboxylic acids is 1. The monoisotopic (exact) mass is 184 g/mol. The Balaban J connectivity index is 2.33. The van der Waals surface area contributed by atoms with Crippen molar-refractivity contribution in [2.75, 3.05) is 13.1 Å². The Morgan fingerprint density at radius 3 is 2.92 bits per heavy atom. The van der Waals surface area contributed by atoms with Gasteiger partial charge in [-0.2, -0.15) is 0 Å². The third-order valence-corrected chi connectivity index (χ3v) is 2.51. The van der Waals surface area contributed by atoms with E-state index in [-0.39, 0.29) is 11.9 Å². The van der Waals surface area contributed by atoms with Crippen molar-refractivity contribution in [1.82, 2.24) is 4.90 Å². The molecule has 0 bridgehead atoms. The summed E-state index contributed by atoms with van der Waals surface area (Å²) in [4.78, 5) is 13.3. The summed E-state index contributed by atoms with van der Waals surface area (Å²) in [5.41, 5.74) is 5.80. The van der Waals surface area contributed by atoms with Gasteiger partial charge in [0.15, 0.2) is 0 Å². The Morgan fingerprint density at radius 2 is 2.31 bits per heavy atom. The van der Waals surface area contributed by atoms with Gasteiger partial charge in [0.05, 0.1) is 0 Å². The Morgan fingerprint density at radius 1 is 1.62 bits per heavy atom. The van der Waals surface area contributed by atoms with Crippen LogP contribution in [0.25, 0.3) is 0 Å². The topological polar surface area (TPSA) is 46.3 Å². The molecule has 0 aliphatic carbocycles. The van der Waals surface area contributed by atoms with Gasteiger partial charge in [-0.15, -0.1) is 0 Å². The van der Waals surface area contributed by atoms with E-state index in [4.69, 9.17) is 5.73 Å². The molecule has 13 heavy (non-hydrogen) atoms. The molecule has 1 aliphatic heterocycles. The minimum atomic E-state index is 0.199. The number of rotatable bonds is 3. The number of amides is 1. The van der Waals surface area contributed by atoms with Crippen molar-refractivity contribution < 1.29 is 4.79 Å². The molecule has 1 aliphatic rings. The van der Waals surface area contributed by atoms with Crippen LogP contribution in [0.15, 0.2) is 0 Å². The zero-order valence-corrected chi connectivity index (χ0v) is 8.62. The van der Waals surface area contributed by atoms with Crippen LogP contribution in [-0.4, -0.2) is 29.9 Å². The lowest BCUT2D eigenvalue weighted by atomic mass is 10.0. The summed E-state index contributed by atoms with van der Waals surface area (Å²) >= 11 is 0. The van der Waals surface area contributed by atoms with Crippen LogP contribution in [0.1, 0.15) is 33.1 Å². The van der Waals surface area contributed by atoms with Crippen molar-refractivity contribution in [2.24, 2.45) is 11.7 Å². The quantitative estimate of drug-likeness (QED) is 0.710. The van der Waals surface area contributed by atoms with Gasteiger partial charge in [-0.3, -0.25) is 4.79 Å². The number of piperidine rings is 1. The standard InChI is InChI=1S/C10H20N2O/c1-8(2)5-6-12-7-9(11)3-4-10(12)13/h8-9H,3-7,11H2,1-2H3. The van der Waals surface area contributed by atoms with Crippen molar-refractivity contribution in [3.05, 3.63) is 0 Å². The molecule has 0 aromatic carbocycles. The lowest BCUT2D eigenvalue weighted by Gasteiger charge is -2.31. The highest BCUT2D eigenvalue weighted by molar-refractivity contribution is 5.77. The number of nitrogens with two attached hydrogens (primary N) is 1. The minimum absolute atomic E-state index is 0.199. The molecule has 3 heteroatoms. The van der Waals surface area contributed by atoms with E-state index in [1.807, 2.05) is 4.90 Å². The summed E-state index contributed by atoms with van der Waals surface area (Å²) < 4.78 is 0. The number of hydrogen-bond acceptors (Lipinski definition) is 2. The van der Waals surface area contributed by atoms with Crippen LogP contribution in [0, 0.1) is 5.92 Å². The first-order valence-corrected chi connectivity index (χ1v) is 5.13. The maximum absolute atomic E-state index is 11.4. The van der Waals surface area contributed by atoms with Gasteiger partial charge in [-0.1, -0.05) is 13.8 Å². The van der Waals surface area contributed by atoms with Crippen molar-refractivity contribution in [3.8, 4) is 0 Å². The maximum Gasteiger partial charge on any atom is 0.222 e. The Hall–Kier alpha value is -0.570. The number of likely N-dealkylation sites (tertiary alicyclic amines) is 1. The smallest absolute Gasteiger partial charge is 0.222 e. The van der Waals surface area contributed by atoms with Crippen molar-refractivity contribution in [1.29, 1.82) is 0 Å². The molecule has 76 valence electrons. The molecule has 1 rings (SSSR count). The van der Waals surface area contributed by atoms with E-state index in [0.717, 1.165) is 25.9 Å². The minimum Gasteiger partial charge on any atom is -0.341 e. The fourth-order valence-electron chi connectivity index (χ4n) is 1.57. The van der Waals surface area contributed by atoms with E-state index < -0.39 is 0 Å². The Kier molecular flexibility index (Phi) is 3.72. The summed E-state index contributed by atoms with van der Waals surface area (Å²) in [6.45, 7) is 5.98. The van der Waals surface area contributed by atoms with Gasteiger partial charge in [-0.25, -0.2) is 0 Å². The molecule has 1 amide bonds. The van der Waals surface area contributed by atoms with E-state index in [0.29, 0.717) is 12.3 Å². The summed E-state index contributed by atoms with van der Waals surface area (Å²) in [6, 6.07) is 0.199. The first-order valence-electron chi connectivity index (χ1n) is 5.13. The lowest BCUT2D eigenvalue weighted by Crippen LogP contribution is -2.46. The van der Waals surface area contributed by atoms with Gasteiger partial charge in [0.2, 0.25) is 5.91 Å². The molecule has 1 atom stereocenters. The van der Waals surface area contributed by atoms with E-state index in [1.54, 1.807) is 0 Å². The highest BCUT2D eigenvalue weighted by Crippen LogP contribution is 2.11. The third-order valence-electron chi connectivity index (χ3n) is 2.51. The number of hydrogen-bond donors (Lipinski definition) is 1. The van der Waals surface area contributed by atoms with Crippen LogP contribution in [0.4, 0.5) is 0 Å². The predicted molar refractivity (Wildman–Crippen MR) is 53.2 cm³/mol. The molecular weight excluding hydrogens is 164 g/mol. The van der Waals surface area contributed by atoms with Gasteiger partial charge in [0, 0.05) is 25.6 Å². The normalized spacial score (nSPS) is 24.2. The highest BCUT2D eigenvalue weighted by Gasteiger charge is 2.22. The molecule has 3 nitrogen and oxygen atoms in total. The second-order valence-electron chi connectivity index (χ2n) is 4.32. The van der Waals surface area contributed by atoms with Crippen LogP contribution >= 0.6 is 0 Å². The average molecular weight is 184 g/mol. The van der Waals surface area contributed by atoms with E-state index in [9.17, 15) is 4.79 Å². The van der Waals surface area contributed by atoms with Gasteiger partial charge in [-0.05, 0) is 18.8 Å². The van der Waals surface area contributed by atoms with Gasteiger partial charge < -0.3 is 10.6 Å². The zero-order chi connectivity index (χ0) is 9.84. The zero-order valence-electron chi connectivity index (χ0n) is 8.62. The summed E-state index contributed by atoms with van der Waals surface area (Å²) in [6.07, 6.45) is 2.58. The van der Waals surface area contributed by atoms with Crippen molar-refractivity contribution in [2.45, 2.75) is 39.2 Å². The fourth-order valence-corrected chi connectivity index (χ4v) is 1.57. The molecule has 0 saturated carbocycles. The highest BCUT2D eigenvalue weighted by atomic mass is 16.2. The van der Waals surface area contributed by atoms with Gasteiger partial charge in [0.25, 0.3) is 0 Å². The summed E-state index contributed by atoms with van der Waals surface area (Å²) in [7, 11) is 0. The molecule has 0 radical (unpaired) electrons. The number of carbonyl (C=O) groups is 1. The molecular formula is C10H20N2O. The SMILES string of the molecule is CC(C)CCN1CC(N)CCC1=O. The fraction of sp³-hybridized carbons (Fsp3) is 0.900. The van der Waals surface area contributed by atoms with Crippen LogP contribution in [0.5, 0.6) is 0 Å². The molecule has 1 fully saturated rings. The van der Waals surface area contributed by atoms with E-state index in [1.165, 1.54) is 0 Å². The van der Waals surface area contributed by atoms with Crippen LogP contribution in [0.3, 0.4) is 0 Å². The second-order valence-corrected chi connectivity index (χ2v) is 4.32. The van der Waals surface area contributed by atoms with Crippen LogP contribution < -0.4 is 5.73 Å². The molecule has 1 unspecified atom stereocenters. The first kappa shape index (κ1) is 10.5. The van der Waals surface area contributed by atoms with Crippen LogP contribution in [-0.2, 0) is 4.79 Å². The van der Waals surface area contributed by atoms with Crippen LogP contribution in [0.2, 0.25) is 0 Å². The van der Waals surface area contributed by atoms with E-state index in [2.05, 4.69) is 13.8 Å². The van der Waals surface area contributed by atoms with Gasteiger partial charge >= 0.3 is 0 Å². The number of nitrogens with zero attached hydrogens (tertiary/aromatic N) is 1. The third kappa shape index (κ3) is 3.35. The molecule has 1 saturated heterocycles. The molecule has 0 aromatic rings. The van der Waals surface area contributed by atoms with Crippen molar-refractivity contribution >= 4 is 5.91 Å². The molecule has 0 aromatic heterocycles. The Bertz CT molecular complexity index is 180.